The smallest absolute Gasteiger partial charge is 0.259 e. The average molecular weight is 287 g/mol. The zero-order valence-corrected chi connectivity index (χ0v) is 13.0. The highest BCUT2D eigenvalue weighted by atomic mass is 16.2. The fourth-order valence-corrected chi connectivity index (χ4v) is 2.91. The first kappa shape index (κ1) is 14.0. The van der Waals surface area contributed by atoms with Crippen molar-refractivity contribution < 1.29 is 4.79 Å². The van der Waals surface area contributed by atoms with Crippen molar-refractivity contribution in [1.82, 2.24) is 24.8 Å². The molecule has 112 valence electrons. The van der Waals surface area contributed by atoms with E-state index < -0.39 is 0 Å². The minimum absolute atomic E-state index is 0.0112. The molecule has 1 aliphatic rings. The lowest BCUT2D eigenvalue weighted by molar-refractivity contribution is 0.0654. The van der Waals surface area contributed by atoms with Crippen LogP contribution in [-0.4, -0.2) is 50.6 Å². The van der Waals surface area contributed by atoms with Crippen LogP contribution in [0.2, 0.25) is 0 Å². The lowest BCUT2D eigenvalue weighted by Gasteiger charge is -2.39. The van der Waals surface area contributed by atoms with Crippen LogP contribution in [0.15, 0.2) is 12.3 Å². The molecule has 0 bridgehead atoms. The number of piperazine rings is 1. The summed E-state index contributed by atoms with van der Waals surface area (Å²) in [6.07, 6.45) is 1.63. The van der Waals surface area contributed by atoms with Gasteiger partial charge in [0.05, 0.1) is 6.20 Å². The van der Waals surface area contributed by atoms with Gasteiger partial charge in [-0.15, -0.1) is 0 Å². The van der Waals surface area contributed by atoms with Gasteiger partial charge in [-0.25, -0.2) is 9.50 Å². The zero-order chi connectivity index (χ0) is 15.2. The maximum atomic E-state index is 12.8. The Morgan fingerprint density at radius 1 is 1.38 bits per heavy atom. The van der Waals surface area contributed by atoms with Crippen LogP contribution in [0.3, 0.4) is 0 Å². The number of amides is 1. The van der Waals surface area contributed by atoms with E-state index in [-0.39, 0.29) is 11.4 Å². The predicted octanol–water partition coefficient (Wildman–Crippen LogP) is 1.17. The maximum Gasteiger partial charge on any atom is 0.259 e. The Balaban J connectivity index is 1.99. The summed E-state index contributed by atoms with van der Waals surface area (Å²) in [5.41, 5.74) is 3.05. The van der Waals surface area contributed by atoms with E-state index in [1.165, 1.54) is 0 Å². The van der Waals surface area contributed by atoms with Gasteiger partial charge in [-0.3, -0.25) is 4.79 Å². The average Bonchev–Trinajstić information content (AvgIpc) is 2.80. The molecule has 3 rings (SSSR count). The SMILES string of the molecule is Cc1cc(C)n2ncc(C(=O)N3CCNC(C)(C)C3)c2n1. The molecule has 0 unspecified atom stereocenters. The Hall–Kier alpha value is -1.95. The summed E-state index contributed by atoms with van der Waals surface area (Å²) < 4.78 is 1.73. The van der Waals surface area contributed by atoms with Crippen LogP contribution in [0.5, 0.6) is 0 Å². The first-order valence-electron chi connectivity index (χ1n) is 7.24. The normalized spacial score (nSPS) is 18.2. The second kappa shape index (κ2) is 4.80. The molecule has 0 atom stereocenters. The van der Waals surface area contributed by atoms with Crippen molar-refractivity contribution in [1.29, 1.82) is 0 Å². The topological polar surface area (TPSA) is 62.5 Å². The molecule has 6 heteroatoms. The molecule has 0 spiro atoms. The first-order valence-corrected chi connectivity index (χ1v) is 7.24. The number of carbonyl (C=O) groups is 1. The molecule has 0 saturated carbocycles. The predicted molar refractivity (Wildman–Crippen MR) is 80.4 cm³/mol. The van der Waals surface area contributed by atoms with E-state index in [1.807, 2.05) is 24.8 Å². The van der Waals surface area contributed by atoms with E-state index >= 15 is 0 Å². The minimum Gasteiger partial charge on any atom is -0.335 e. The number of hydrogen-bond donors (Lipinski definition) is 1. The molecule has 2 aromatic heterocycles. The molecule has 0 radical (unpaired) electrons. The van der Waals surface area contributed by atoms with E-state index in [1.54, 1.807) is 10.7 Å². The van der Waals surface area contributed by atoms with E-state index in [0.29, 0.717) is 24.3 Å². The Morgan fingerprint density at radius 2 is 2.14 bits per heavy atom. The van der Waals surface area contributed by atoms with Crippen molar-refractivity contribution in [2.75, 3.05) is 19.6 Å². The number of hydrogen-bond acceptors (Lipinski definition) is 4. The largest absolute Gasteiger partial charge is 0.335 e. The highest BCUT2D eigenvalue weighted by Crippen LogP contribution is 2.17. The van der Waals surface area contributed by atoms with Gasteiger partial charge in [-0.2, -0.15) is 5.10 Å². The standard InChI is InChI=1S/C15H21N5O/c1-10-7-11(2)20-13(18-10)12(8-17-20)14(21)19-6-5-16-15(3,4)9-19/h7-8,16H,5-6,9H2,1-4H3. The fraction of sp³-hybridized carbons (Fsp3) is 0.533. The molecular formula is C15H21N5O. The first-order chi connectivity index (χ1) is 9.87. The quantitative estimate of drug-likeness (QED) is 0.855. The molecule has 1 fully saturated rings. The number of aryl methyl sites for hydroxylation is 2. The van der Waals surface area contributed by atoms with E-state index in [4.69, 9.17) is 0 Å². The molecule has 6 nitrogen and oxygen atoms in total. The number of nitrogens with one attached hydrogen (secondary N) is 1. The Morgan fingerprint density at radius 3 is 2.86 bits per heavy atom. The van der Waals surface area contributed by atoms with Crippen LogP contribution in [0.1, 0.15) is 35.6 Å². The summed E-state index contributed by atoms with van der Waals surface area (Å²) in [6, 6.07) is 1.96. The lowest BCUT2D eigenvalue weighted by Crippen LogP contribution is -2.58. The Bertz CT molecular complexity index is 703. The highest BCUT2D eigenvalue weighted by Gasteiger charge is 2.30. The van der Waals surface area contributed by atoms with Crippen molar-refractivity contribution in [3.05, 3.63) is 29.2 Å². The van der Waals surface area contributed by atoms with Crippen LogP contribution in [-0.2, 0) is 0 Å². The van der Waals surface area contributed by atoms with Gasteiger partial charge in [-0.05, 0) is 33.8 Å². The monoisotopic (exact) mass is 287 g/mol. The second-order valence-corrected chi connectivity index (χ2v) is 6.37. The molecule has 1 N–H and O–H groups in total. The number of fused-ring (bicyclic) bond motifs is 1. The van der Waals surface area contributed by atoms with Crippen molar-refractivity contribution in [2.24, 2.45) is 0 Å². The molecule has 1 aliphatic heterocycles. The van der Waals surface area contributed by atoms with Gasteiger partial charge in [-0.1, -0.05) is 0 Å². The van der Waals surface area contributed by atoms with E-state index in [0.717, 1.165) is 17.9 Å². The fourth-order valence-electron chi connectivity index (χ4n) is 2.91. The van der Waals surface area contributed by atoms with Gasteiger partial charge in [0.2, 0.25) is 0 Å². The molecule has 21 heavy (non-hydrogen) atoms. The molecular weight excluding hydrogens is 266 g/mol. The van der Waals surface area contributed by atoms with Gasteiger partial charge in [0.15, 0.2) is 5.65 Å². The van der Waals surface area contributed by atoms with Crippen molar-refractivity contribution in [3.63, 3.8) is 0 Å². The molecule has 0 aliphatic carbocycles. The zero-order valence-electron chi connectivity index (χ0n) is 13.0. The van der Waals surface area contributed by atoms with Crippen LogP contribution in [0.25, 0.3) is 5.65 Å². The van der Waals surface area contributed by atoms with Gasteiger partial charge in [0.1, 0.15) is 5.56 Å². The van der Waals surface area contributed by atoms with Gasteiger partial charge in [0.25, 0.3) is 5.91 Å². The summed E-state index contributed by atoms with van der Waals surface area (Å²) in [5.74, 6) is 0.0112. The van der Waals surface area contributed by atoms with Crippen molar-refractivity contribution in [3.8, 4) is 0 Å². The van der Waals surface area contributed by atoms with Crippen molar-refractivity contribution in [2.45, 2.75) is 33.2 Å². The van der Waals surface area contributed by atoms with E-state index in [9.17, 15) is 4.79 Å². The molecule has 0 aromatic carbocycles. The third kappa shape index (κ3) is 2.51. The minimum atomic E-state index is -0.0594. The maximum absolute atomic E-state index is 12.8. The Labute approximate surface area is 124 Å². The second-order valence-electron chi connectivity index (χ2n) is 6.37. The highest BCUT2D eigenvalue weighted by molar-refractivity contribution is 5.99. The van der Waals surface area contributed by atoms with Crippen LogP contribution < -0.4 is 5.32 Å². The number of carbonyl (C=O) groups excluding carboxylic acids is 1. The summed E-state index contributed by atoms with van der Waals surface area (Å²) >= 11 is 0. The Kier molecular flexibility index (Phi) is 3.20. The third-order valence-corrected chi connectivity index (χ3v) is 3.87. The number of nitrogens with zero attached hydrogens (tertiary/aromatic N) is 4. The molecule has 3 heterocycles. The summed E-state index contributed by atoms with van der Waals surface area (Å²) in [7, 11) is 0. The van der Waals surface area contributed by atoms with Gasteiger partial charge < -0.3 is 10.2 Å². The van der Waals surface area contributed by atoms with Crippen LogP contribution in [0.4, 0.5) is 0 Å². The van der Waals surface area contributed by atoms with Crippen molar-refractivity contribution >= 4 is 11.6 Å². The third-order valence-electron chi connectivity index (χ3n) is 3.87. The summed E-state index contributed by atoms with van der Waals surface area (Å²) in [5, 5.41) is 7.72. The number of aromatic nitrogens is 3. The lowest BCUT2D eigenvalue weighted by atomic mass is 10.0. The van der Waals surface area contributed by atoms with Crippen LogP contribution >= 0.6 is 0 Å². The summed E-state index contributed by atoms with van der Waals surface area (Å²) in [6.45, 7) is 10.3. The molecule has 1 amide bonds. The van der Waals surface area contributed by atoms with Gasteiger partial charge >= 0.3 is 0 Å². The van der Waals surface area contributed by atoms with Gasteiger partial charge in [0, 0.05) is 36.6 Å². The van der Waals surface area contributed by atoms with Crippen LogP contribution in [0, 0.1) is 13.8 Å². The molecule has 1 saturated heterocycles. The van der Waals surface area contributed by atoms with E-state index in [2.05, 4.69) is 29.2 Å². The molecule has 2 aromatic rings. The number of rotatable bonds is 1. The summed E-state index contributed by atoms with van der Waals surface area (Å²) in [4.78, 5) is 19.2.